The molecule has 3 rings (SSSR count). The number of aryl methyl sites for hydroxylation is 2. The first-order valence-electron chi connectivity index (χ1n) is 8.27. The largest absolute Gasteiger partial charge is 0.324 e. The Kier molecular flexibility index (Phi) is 4.65. The molecule has 124 valence electrons. The van der Waals surface area contributed by atoms with Crippen molar-refractivity contribution in [1.29, 1.82) is 0 Å². The van der Waals surface area contributed by atoms with Crippen LogP contribution in [0, 0.1) is 13.8 Å². The van der Waals surface area contributed by atoms with Crippen molar-refractivity contribution < 1.29 is 9.59 Å². The summed E-state index contributed by atoms with van der Waals surface area (Å²) in [5, 5.41) is 0. The highest BCUT2D eigenvalue weighted by molar-refractivity contribution is 6.06. The lowest BCUT2D eigenvalue weighted by molar-refractivity contribution is -0.127. The molecule has 2 aromatic carbocycles. The fraction of sp³-hybridized carbons (Fsp3) is 0.300. The first kappa shape index (κ1) is 16.2. The van der Waals surface area contributed by atoms with Gasteiger partial charge in [0.1, 0.15) is 6.67 Å². The number of carbonyl (C=O) groups excluding carboxylic acids is 2. The smallest absolute Gasteiger partial charge is 0.259 e. The molecule has 1 heterocycles. The zero-order valence-electron chi connectivity index (χ0n) is 14.2. The molecule has 0 spiro atoms. The molecule has 4 nitrogen and oxygen atoms in total. The van der Waals surface area contributed by atoms with Gasteiger partial charge < -0.3 is 4.90 Å². The van der Waals surface area contributed by atoms with Crippen LogP contribution in [-0.2, 0) is 4.79 Å². The normalized spacial score (nSPS) is 14.1. The van der Waals surface area contributed by atoms with E-state index in [0.717, 1.165) is 23.2 Å². The molecule has 0 unspecified atom stereocenters. The third-order valence-corrected chi connectivity index (χ3v) is 4.27. The van der Waals surface area contributed by atoms with E-state index in [1.165, 1.54) is 0 Å². The predicted molar refractivity (Wildman–Crippen MR) is 95.0 cm³/mol. The van der Waals surface area contributed by atoms with Crippen LogP contribution < -0.4 is 4.90 Å². The third-order valence-electron chi connectivity index (χ3n) is 4.27. The Bertz CT molecular complexity index is 735. The highest BCUT2D eigenvalue weighted by atomic mass is 16.2. The monoisotopic (exact) mass is 322 g/mol. The number of nitrogens with zero attached hydrogens (tertiary/aromatic N) is 2. The lowest BCUT2D eigenvalue weighted by Gasteiger charge is -2.28. The highest BCUT2D eigenvalue weighted by Gasteiger charge is 2.26. The Morgan fingerprint density at radius 3 is 2.33 bits per heavy atom. The Labute approximate surface area is 142 Å². The molecule has 4 heteroatoms. The molecular formula is C20H22N2O2. The maximum atomic E-state index is 13.1. The van der Waals surface area contributed by atoms with Crippen molar-refractivity contribution >= 4 is 17.5 Å². The second kappa shape index (κ2) is 6.87. The van der Waals surface area contributed by atoms with E-state index in [0.29, 0.717) is 25.2 Å². The maximum absolute atomic E-state index is 13.1. The first-order valence-corrected chi connectivity index (χ1v) is 8.27. The van der Waals surface area contributed by atoms with Crippen LogP contribution in [0.25, 0.3) is 0 Å². The summed E-state index contributed by atoms with van der Waals surface area (Å²) in [7, 11) is 0. The van der Waals surface area contributed by atoms with E-state index in [1.54, 1.807) is 9.80 Å². The van der Waals surface area contributed by atoms with Gasteiger partial charge in [0.05, 0.1) is 0 Å². The number of carbonyl (C=O) groups is 2. The standard InChI is InChI=1S/C20H22N2O2/c1-15-11-16(2)13-17(12-15)20(24)22(18-7-4-3-5-8-18)14-21-10-6-9-19(21)23/h3-5,7-8,11-13H,6,9-10,14H2,1-2H3. The number of benzene rings is 2. The molecule has 1 aliphatic heterocycles. The Morgan fingerprint density at radius 2 is 1.75 bits per heavy atom. The van der Waals surface area contributed by atoms with Crippen molar-refractivity contribution in [2.75, 3.05) is 18.1 Å². The van der Waals surface area contributed by atoms with Crippen molar-refractivity contribution in [1.82, 2.24) is 4.90 Å². The van der Waals surface area contributed by atoms with Gasteiger partial charge in [0.2, 0.25) is 5.91 Å². The second-order valence-electron chi connectivity index (χ2n) is 6.35. The molecule has 0 aliphatic carbocycles. The van der Waals surface area contributed by atoms with E-state index in [9.17, 15) is 9.59 Å². The molecule has 0 N–H and O–H groups in total. The number of amides is 2. The molecule has 1 aliphatic rings. The van der Waals surface area contributed by atoms with Crippen molar-refractivity contribution in [3.63, 3.8) is 0 Å². The average molecular weight is 322 g/mol. The van der Waals surface area contributed by atoms with Crippen LogP contribution in [0.3, 0.4) is 0 Å². The van der Waals surface area contributed by atoms with Crippen molar-refractivity contribution in [3.05, 3.63) is 65.2 Å². The highest BCUT2D eigenvalue weighted by Crippen LogP contribution is 2.21. The van der Waals surface area contributed by atoms with Gasteiger partial charge >= 0.3 is 0 Å². The van der Waals surface area contributed by atoms with Crippen LogP contribution in [0.1, 0.15) is 34.3 Å². The maximum Gasteiger partial charge on any atom is 0.259 e. The van der Waals surface area contributed by atoms with Gasteiger partial charge in [-0.05, 0) is 44.5 Å². The Balaban J connectivity index is 1.94. The van der Waals surface area contributed by atoms with E-state index in [4.69, 9.17) is 0 Å². The summed E-state index contributed by atoms with van der Waals surface area (Å²) < 4.78 is 0. The van der Waals surface area contributed by atoms with Gasteiger partial charge in [-0.1, -0.05) is 35.4 Å². The Hall–Kier alpha value is -2.62. The molecule has 1 saturated heterocycles. The van der Waals surface area contributed by atoms with Gasteiger partial charge in [-0.25, -0.2) is 0 Å². The molecule has 0 atom stereocenters. The summed E-state index contributed by atoms with van der Waals surface area (Å²) in [6, 6.07) is 15.4. The minimum Gasteiger partial charge on any atom is -0.324 e. The molecule has 0 radical (unpaired) electrons. The molecular weight excluding hydrogens is 300 g/mol. The van der Waals surface area contributed by atoms with E-state index >= 15 is 0 Å². The number of hydrogen-bond donors (Lipinski definition) is 0. The van der Waals surface area contributed by atoms with Gasteiger partial charge in [-0.3, -0.25) is 14.5 Å². The van der Waals surface area contributed by atoms with Gasteiger partial charge in [0.25, 0.3) is 5.91 Å². The SMILES string of the molecule is Cc1cc(C)cc(C(=O)N(CN2CCCC2=O)c2ccccc2)c1. The van der Waals surface area contributed by atoms with Crippen LogP contribution in [0.5, 0.6) is 0 Å². The molecule has 0 aromatic heterocycles. The summed E-state index contributed by atoms with van der Waals surface area (Å²) in [6.07, 6.45) is 1.43. The van der Waals surface area contributed by atoms with Crippen LogP contribution in [0.4, 0.5) is 5.69 Å². The lowest BCUT2D eigenvalue weighted by atomic mass is 10.1. The number of likely N-dealkylation sites (tertiary alicyclic amines) is 1. The predicted octanol–water partition coefficient (Wildman–Crippen LogP) is 3.53. The topological polar surface area (TPSA) is 40.6 Å². The van der Waals surface area contributed by atoms with Gasteiger partial charge in [0.15, 0.2) is 0 Å². The molecule has 1 fully saturated rings. The van der Waals surface area contributed by atoms with Gasteiger partial charge in [-0.15, -0.1) is 0 Å². The quantitative estimate of drug-likeness (QED) is 0.864. The van der Waals surface area contributed by atoms with Gasteiger partial charge in [0, 0.05) is 24.2 Å². The molecule has 2 aromatic rings. The van der Waals surface area contributed by atoms with E-state index in [-0.39, 0.29) is 11.8 Å². The number of anilines is 1. The van der Waals surface area contributed by atoms with Crippen LogP contribution in [0.15, 0.2) is 48.5 Å². The summed E-state index contributed by atoms with van der Waals surface area (Å²) in [4.78, 5) is 28.6. The summed E-state index contributed by atoms with van der Waals surface area (Å²) in [5.41, 5.74) is 3.58. The van der Waals surface area contributed by atoms with Crippen molar-refractivity contribution in [3.8, 4) is 0 Å². The van der Waals surface area contributed by atoms with E-state index in [2.05, 4.69) is 0 Å². The van der Waals surface area contributed by atoms with E-state index in [1.807, 2.05) is 62.4 Å². The molecule has 2 amide bonds. The lowest BCUT2D eigenvalue weighted by Crippen LogP contribution is -2.42. The zero-order valence-corrected chi connectivity index (χ0v) is 14.2. The second-order valence-corrected chi connectivity index (χ2v) is 6.35. The van der Waals surface area contributed by atoms with Crippen LogP contribution >= 0.6 is 0 Å². The summed E-state index contributed by atoms with van der Waals surface area (Å²) >= 11 is 0. The minimum atomic E-state index is -0.0762. The number of para-hydroxylation sites is 1. The molecule has 24 heavy (non-hydrogen) atoms. The van der Waals surface area contributed by atoms with Crippen molar-refractivity contribution in [2.45, 2.75) is 26.7 Å². The average Bonchev–Trinajstić information content (AvgIpc) is 2.97. The summed E-state index contributed by atoms with van der Waals surface area (Å²) in [6.45, 7) is 4.98. The number of hydrogen-bond acceptors (Lipinski definition) is 2. The zero-order chi connectivity index (χ0) is 17.1. The van der Waals surface area contributed by atoms with Crippen LogP contribution in [-0.4, -0.2) is 29.9 Å². The number of rotatable bonds is 4. The Morgan fingerprint density at radius 1 is 1.08 bits per heavy atom. The fourth-order valence-electron chi connectivity index (χ4n) is 3.15. The van der Waals surface area contributed by atoms with Crippen molar-refractivity contribution in [2.24, 2.45) is 0 Å². The van der Waals surface area contributed by atoms with E-state index < -0.39 is 0 Å². The molecule has 0 bridgehead atoms. The fourth-order valence-corrected chi connectivity index (χ4v) is 3.15. The third kappa shape index (κ3) is 3.48. The first-order chi connectivity index (χ1) is 11.5. The minimum absolute atomic E-state index is 0.0762. The van der Waals surface area contributed by atoms with Crippen LogP contribution in [0.2, 0.25) is 0 Å². The van der Waals surface area contributed by atoms with Gasteiger partial charge in [-0.2, -0.15) is 0 Å². The molecule has 0 saturated carbocycles. The summed E-state index contributed by atoms with van der Waals surface area (Å²) in [5.74, 6) is 0.0388.